The quantitative estimate of drug-likeness (QED) is 0.836. The first kappa shape index (κ1) is 20.2. The van der Waals surface area contributed by atoms with Crippen molar-refractivity contribution in [1.29, 1.82) is 0 Å². The zero-order chi connectivity index (χ0) is 16.3. The Morgan fingerprint density at radius 3 is 2.70 bits per heavy atom. The minimum atomic E-state index is -0.363. The third kappa shape index (κ3) is 5.33. The summed E-state index contributed by atoms with van der Waals surface area (Å²) in [5.74, 6) is -0.0463. The van der Waals surface area contributed by atoms with Gasteiger partial charge in [-0.15, -0.1) is 12.4 Å². The van der Waals surface area contributed by atoms with Gasteiger partial charge in [-0.2, -0.15) is 0 Å². The minimum absolute atomic E-state index is 0. The van der Waals surface area contributed by atoms with Gasteiger partial charge in [-0.25, -0.2) is 4.39 Å². The van der Waals surface area contributed by atoms with Crippen LogP contribution in [-0.2, 0) is 10.2 Å². The second kappa shape index (κ2) is 8.32. The second-order valence-electron chi connectivity index (χ2n) is 6.84. The fraction of sp³-hybridized carbons (Fsp3) is 0.588. The van der Waals surface area contributed by atoms with Crippen LogP contribution in [0.4, 0.5) is 4.39 Å². The minimum Gasteiger partial charge on any atom is -0.355 e. The number of nitrogens with one attached hydrogen (secondary N) is 1. The molecule has 130 valence electrons. The predicted molar refractivity (Wildman–Crippen MR) is 94.6 cm³/mol. The highest BCUT2D eigenvalue weighted by Gasteiger charge is 2.28. The zero-order valence-electron chi connectivity index (χ0n) is 13.6. The maximum absolute atomic E-state index is 13.1. The lowest BCUT2D eigenvalue weighted by molar-refractivity contribution is -0.122. The van der Waals surface area contributed by atoms with Crippen molar-refractivity contribution in [2.24, 2.45) is 11.7 Å². The van der Waals surface area contributed by atoms with E-state index in [-0.39, 0.29) is 41.5 Å². The third-order valence-electron chi connectivity index (χ3n) is 4.55. The lowest BCUT2D eigenvalue weighted by atomic mass is 9.84. The van der Waals surface area contributed by atoms with Crippen LogP contribution in [0.3, 0.4) is 0 Å². The molecular formula is C17H25Cl2FN2O. The fourth-order valence-electron chi connectivity index (χ4n) is 3.08. The Morgan fingerprint density at radius 1 is 1.43 bits per heavy atom. The van der Waals surface area contributed by atoms with Crippen molar-refractivity contribution >= 4 is 29.9 Å². The van der Waals surface area contributed by atoms with Crippen LogP contribution < -0.4 is 11.1 Å². The summed E-state index contributed by atoms with van der Waals surface area (Å²) >= 11 is 6.12. The molecule has 0 unspecified atom stereocenters. The summed E-state index contributed by atoms with van der Waals surface area (Å²) in [5.41, 5.74) is 6.47. The van der Waals surface area contributed by atoms with E-state index in [9.17, 15) is 9.18 Å². The molecule has 1 saturated carbocycles. The van der Waals surface area contributed by atoms with Gasteiger partial charge >= 0.3 is 0 Å². The fourth-order valence-corrected chi connectivity index (χ4v) is 3.51. The average Bonchev–Trinajstić information content (AvgIpc) is 2.82. The van der Waals surface area contributed by atoms with Crippen LogP contribution >= 0.6 is 24.0 Å². The van der Waals surface area contributed by atoms with Crippen molar-refractivity contribution in [3.05, 3.63) is 34.6 Å². The number of benzene rings is 1. The molecule has 3 nitrogen and oxygen atoms in total. The third-order valence-corrected chi connectivity index (χ3v) is 4.87. The highest BCUT2D eigenvalue weighted by atomic mass is 35.5. The molecule has 23 heavy (non-hydrogen) atoms. The van der Waals surface area contributed by atoms with E-state index in [1.165, 1.54) is 12.1 Å². The van der Waals surface area contributed by atoms with Gasteiger partial charge in [-0.1, -0.05) is 37.9 Å². The van der Waals surface area contributed by atoms with Crippen molar-refractivity contribution in [3.8, 4) is 0 Å². The van der Waals surface area contributed by atoms with Crippen molar-refractivity contribution in [2.75, 3.05) is 6.54 Å². The Labute approximate surface area is 148 Å². The van der Waals surface area contributed by atoms with Crippen LogP contribution in [0, 0.1) is 11.7 Å². The van der Waals surface area contributed by atoms with E-state index < -0.39 is 0 Å². The summed E-state index contributed by atoms with van der Waals surface area (Å²) in [4.78, 5) is 12.1. The van der Waals surface area contributed by atoms with Gasteiger partial charge in [0.05, 0.1) is 0 Å². The van der Waals surface area contributed by atoms with Crippen LogP contribution in [-0.4, -0.2) is 18.5 Å². The van der Waals surface area contributed by atoms with Crippen LogP contribution in [0.5, 0.6) is 0 Å². The summed E-state index contributed by atoms with van der Waals surface area (Å²) in [6, 6.07) is 4.52. The number of carbonyl (C=O) groups excluding carboxylic acids is 1. The molecule has 0 radical (unpaired) electrons. The molecular weight excluding hydrogens is 338 g/mol. The lowest BCUT2D eigenvalue weighted by Gasteiger charge is -2.27. The summed E-state index contributed by atoms with van der Waals surface area (Å²) in [7, 11) is 0. The molecule has 1 amide bonds. The van der Waals surface area contributed by atoms with Gasteiger partial charge in [0.15, 0.2) is 0 Å². The molecule has 2 atom stereocenters. The summed E-state index contributed by atoms with van der Waals surface area (Å²) in [6.07, 6.45) is 3.63. The normalized spacial score (nSPS) is 20.9. The maximum Gasteiger partial charge on any atom is 0.220 e. The second-order valence-corrected chi connectivity index (χ2v) is 7.25. The number of carbonyl (C=O) groups is 1. The number of halogens is 3. The molecule has 0 aromatic heterocycles. The predicted octanol–water partition coefficient (Wildman–Crippen LogP) is 3.81. The van der Waals surface area contributed by atoms with Gasteiger partial charge in [-0.05, 0) is 36.5 Å². The summed E-state index contributed by atoms with van der Waals surface area (Å²) < 4.78 is 13.1. The van der Waals surface area contributed by atoms with Gasteiger partial charge in [0.25, 0.3) is 0 Å². The SMILES string of the molecule is CC(C)(CNC(=O)C[C@@H]1CCC[C@H]1N)c1ccc(F)cc1Cl.Cl. The van der Waals surface area contributed by atoms with Crippen molar-refractivity contribution in [1.82, 2.24) is 5.32 Å². The first-order valence-corrected chi connectivity index (χ1v) is 8.15. The van der Waals surface area contributed by atoms with E-state index >= 15 is 0 Å². The zero-order valence-corrected chi connectivity index (χ0v) is 15.1. The molecule has 3 N–H and O–H groups in total. The Bertz CT molecular complexity index is 551. The molecule has 0 bridgehead atoms. The smallest absolute Gasteiger partial charge is 0.220 e. The topological polar surface area (TPSA) is 55.1 Å². The van der Waals surface area contributed by atoms with E-state index in [1.807, 2.05) is 13.8 Å². The van der Waals surface area contributed by atoms with Gasteiger partial charge in [0.1, 0.15) is 5.82 Å². The molecule has 2 rings (SSSR count). The molecule has 1 aliphatic rings. The van der Waals surface area contributed by atoms with Crippen LogP contribution in [0.2, 0.25) is 5.02 Å². The standard InChI is InChI=1S/C17H24ClFN2O.ClH/c1-17(2,13-7-6-12(19)9-14(13)18)10-21-16(22)8-11-4-3-5-15(11)20;/h6-7,9,11,15H,3-5,8,10,20H2,1-2H3,(H,21,22);1H/t11-,15+;/m0./s1. The largest absolute Gasteiger partial charge is 0.355 e. The highest BCUT2D eigenvalue weighted by Crippen LogP contribution is 2.30. The van der Waals surface area contributed by atoms with Gasteiger partial charge in [-0.3, -0.25) is 4.79 Å². The van der Waals surface area contributed by atoms with E-state index in [2.05, 4.69) is 5.32 Å². The van der Waals surface area contributed by atoms with Crippen LogP contribution in [0.15, 0.2) is 18.2 Å². The van der Waals surface area contributed by atoms with Gasteiger partial charge < -0.3 is 11.1 Å². The molecule has 1 aliphatic carbocycles. The maximum atomic E-state index is 13.1. The molecule has 0 spiro atoms. The molecule has 0 saturated heterocycles. The number of rotatable bonds is 5. The van der Waals surface area contributed by atoms with E-state index in [0.29, 0.717) is 18.0 Å². The summed E-state index contributed by atoms with van der Waals surface area (Å²) in [6.45, 7) is 4.42. The van der Waals surface area contributed by atoms with Crippen molar-refractivity contribution in [3.63, 3.8) is 0 Å². The molecule has 0 aliphatic heterocycles. The first-order valence-electron chi connectivity index (χ1n) is 7.77. The highest BCUT2D eigenvalue weighted by molar-refractivity contribution is 6.31. The van der Waals surface area contributed by atoms with E-state index in [0.717, 1.165) is 24.8 Å². The van der Waals surface area contributed by atoms with E-state index in [4.69, 9.17) is 17.3 Å². The number of amides is 1. The lowest BCUT2D eigenvalue weighted by Crippen LogP contribution is -2.38. The molecule has 1 fully saturated rings. The van der Waals surface area contributed by atoms with E-state index in [1.54, 1.807) is 6.07 Å². The van der Waals surface area contributed by atoms with Crippen LogP contribution in [0.25, 0.3) is 0 Å². The number of hydrogen-bond acceptors (Lipinski definition) is 2. The average molecular weight is 363 g/mol. The number of nitrogens with two attached hydrogens (primary N) is 1. The Balaban J connectivity index is 0.00000264. The number of hydrogen-bond donors (Lipinski definition) is 2. The van der Waals surface area contributed by atoms with Gasteiger partial charge in [0, 0.05) is 29.4 Å². The summed E-state index contributed by atoms with van der Waals surface area (Å²) in [5, 5.41) is 3.35. The monoisotopic (exact) mass is 362 g/mol. The molecule has 1 aromatic carbocycles. The molecule has 0 heterocycles. The van der Waals surface area contributed by atoms with Crippen molar-refractivity contribution < 1.29 is 9.18 Å². The van der Waals surface area contributed by atoms with Gasteiger partial charge in [0.2, 0.25) is 5.91 Å². The first-order chi connectivity index (χ1) is 10.3. The molecule has 6 heteroatoms. The Hall–Kier alpha value is -0.840. The van der Waals surface area contributed by atoms with Crippen LogP contribution in [0.1, 0.15) is 45.1 Å². The Morgan fingerprint density at radius 2 is 2.13 bits per heavy atom. The van der Waals surface area contributed by atoms with Crippen molar-refractivity contribution in [2.45, 2.75) is 51.0 Å². The Kier molecular flexibility index (Phi) is 7.30. The molecule has 1 aromatic rings.